The van der Waals surface area contributed by atoms with Crippen LogP contribution < -0.4 is 5.06 Å². The lowest BCUT2D eigenvalue weighted by atomic mass is 9.86. The van der Waals surface area contributed by atoms with Gasteiger partial charge in [-0.1, -0.05) is 39.0 Å². The largest absolute Gasteiger partial charge is 0.451 e. The van der Waals surface area contributed by atoms with Crippen molar-refractivity contribution in [1.82, 2.24) is 0 Å². The van der Waals surface area contributed by atoms with E-state index in [2.05, 4.69) is 25.5 Å². The van der Waals surface area contributed by atoms with E-state index >= 15 is 0 Å². The van der Waals surface area contributed by atoms with Gasteiger partial charge in [-0.25, -0.2) is 4.79 Å². The summed E-state index contributed by atoms with van der Waals surface area (Å²) in [4.78, 5) is 16.7. The quantitative estimate of drug-likeness (QED) is 0.742. The van der Waals surface area contributed by atoms with E-state index in [9.17, 15) is 4.79 Å². The lowest BCUT2D eigenvalue weighted by Gasteiger charge is -2.27. The molecule has 0 heterocycles. The smallest absolute Gasteiger partial charge is 0.438 e. The van der Waals surface area contributed by atoms with Crippen molar-refractivity contribution < 1.29 is 14.4 Å². The second kappa shape index (κ2) is 5.19. The molecule has 0 saturated carbocycles. The van der Waals surface area contributed by atoms with Crippen LogP contribution >= 0.6 is 0 Å². The number of carbonyl (C=O) groups excluding carboxylic acids is 1. The van der Waals surface area contributed by atoms with Gasteiger partial charge in [0.1, 0.15) is 0 Å². The third-order valence-electron chi connectivity index (χ3n) is 2.45. The second-order valence-corrected chi connectivity index (χ2v) is 4.71. The number of carbonyl (C=O) groups is 1. The summed E-state index contributed by atoms with van der Waals surface area (Å²) in [5.74, 6) is 0. The lowest BCUT2D eigenvalue weighted by Crippen LogP contribution is -2.32. The summed E-state index contributed by atoms with van der Waals surface area (Å²) in [6.45, 7) is 6.24. The Hall–Kier alpha value is -1.55. The zero-order valence-corrected chi connectivity index (χ0v) is 11.0. The maximum atomic E-state index is 11.6. The summed E-state index contributed by atoms with van der Waals surface area (Å²) in [6, 6.07) is 7.61. The van der Waals surface area contributed by atoms with Crippen molar-refractivity contribution in [2.45, 2.75) is 26.2 Å². The standard InChI is InChI=1S/C13H19NO3/c1-13(2,3)10-8-6-7-9-11(10)14(17-5)12(15)16-4/h6-9H,1-5H3. The number of hydroxylamine groups is 1. The molecule has 0 atom stereocenters. The minimum atomic E-state index is -0.538. The molecule has 1 rings (SSSR count). The molecule has 0 N–H and O–H groups in total. The molecule has 0 saturated heterocycles. The Morgan fingerprint density at radius 3 is 2.24 bits per heavy atom. The number of methoxy groups -OCH3 is 1. The number of anilines is 1. The molecular formula is C13H19NO3. The third kappa shape index (κ3) is 2.97. The van der Waals surface area contributed by atoms with Crippen LogP contribution in [-0.4, -0.2) is 20.3 Å². The Labute approximate surface area is 102 Å². The minimum absolute atomic E-state index is 0.0819. The molecule has 0 aromatic heterocycles. The van der Waals surface area contributed by atoms with Crippen molar-refractivity contribution in [1.29, 1.82) is 0 Å². The Morgan fingerprint density at radius 2 is 1.76 bits per heavy atom. The van der Waals surface area contributed by atoms with Crippen molar-refractivity contribution in [3.63, 3.8) is 0 Å². The van der Waals surface area contributed by atoms with E-state index in [4.69, 9.17) is 4.84 Å². The van der Waals surface area contributed by atoms with Gasteiger partial charge in [-0.05, 0) is 17.0 Å². The topological polar surface area (TPSA) is 38.8 Å². The summed E-state index contributed by atoms with van der Waals surface area (Å²) in [5, 5.41) is 1.15. The fourth-order valence-corrected chi connectivity index (χ4v) is 1.64. The molecular weight excluding hydrogens is 218 g/mol. The van der Waals surface area contributed by atoms with Crippen LogP contribution in [0.5, 0.6) is 0 Å². The van der Waals surface area contributed by atoms with E-state index in [1.54, 1.807) is 0 Å². The van der Waals surface area contributed by atoms with E-state index < -0.39 is 6.09 Å². The zero-order valence-electron chi connectivity index (χ0n) is 11.0. The molecule has 1 aromatic carbocycles. The number of para-hydroxylation sites is 1. The predicted octanol–water partition coefficient (Wildman–Crippen LogP) is 3.12. The van der Waals surface area contributed by atoms with E-state index in [1.165, 1.54) is 14.2 Å². The Kier molecular flexibility index (Phi) is 4.12. The van der Waals surface area contributed by atoms with Crippen LogP contribution in [-0.2, 0) is 15.0 Å². The van der Waals surface area contributed by atoms with Crippen LogP contribution in [0.3, 0.4) is 0 Å². The number of rotatable bonds is 2. The van der Waals surface area contributed by atoms with Crippen molar-refractivity contribution in [3.05, 3.63) is 29.8 Å². The zero-order chi connectivity index (χ0) is 13.1. The highest BCUT2D eigenvalue weighted by Crippen LogP contribution is 2.32. The number of nitrogens with zero attached hydrogens (tertiary/aromatic N) is 1. The van der Waals surface area contributed by atoms with E-state index in [1.807, 2.05) is 24.3 Å². The molecule has 0 aliphatic carbocycles. The first-order valence-corrected chi connectivity index (χ1v) is 5.43. The first-order valence-electron chi connectivity index (χ1n) is 5.43. The molecule has 94 valence electrons. The number of amides is 1. The molecule has 4 nitrogen and oxygen atoms in total. The van der Waals surface area contributed by atoms with E-state index in [0.717, 1.165) is 10.6 Å². The van der Waals surface area contributed by atoms with Crippen LogP contribution in [0.25, 0.3) is 0 Å². The van der Waals surface area contributed by atoms with Crippen molar-refractivity contribution >= 4 is 11.8 Å². The van der Waals surface area contributed by atoms with Crippen LogP contribution in [0.2, 0.25) is 0 Å². The molecule has 4 heteroatoms. The Bertz CT molecular complexity index is 396. The summed E-state index contributed by atoms with van der Waals surface area (Å²) in [7, 11) is 2.77. The van der Waals surface area contributed by atoms with E-state index in [0.29, 0.717) is 5.69 Å². The van der Waals surface area contributed by atoms with E-state index in [-0.39, 0.29) is 5.41 Å². The van der Waals surface area contributed by atoms with Crippen LogP contribution in [0, 0.1) is 0 Å². The van der Waals surface area contributed by atoms with Gasteiger partial charge in [0, 0.05) is 0 Å². The van der Waals surface area contributed by atoms with Gasteiger partial charge in [-0.3, -0.25) is 4.84 Å². The van der Waals surface area contributed by atoms with Gasteiger partial charge in [0.15, 0.2) is 0 Å². The first kappa shape index (κ1) is 13.5. The summed E-state index contributed by atoms with van der Waals surface area (Å²) < 4.78 is 4.69. The normalized spacial score (nSPS) is 11.1. The van der Waals surface area contributed by atoms with Crippen molar-refractivity contribution in [2.75, 3.05) is 19.3 Å². The molecule has 0 fully saturated rings. The number of ether oxygens (including phenoxy) is 1. The maximum absolute atomic E-state index is 11.6. The number of hydrogen-bond donors (Lipinski definition) is 0. The molecule has 0 unspecified atom stereocenters. The highest BCUT2D eigenvalue weighted by molar-refractivity contribution is 5.86. The lowest BCUT2D eigenvalue weighted by molar-refractivity contribution is 0.115. The molecule has 0 aliphatic rings. The van der Waals surface area contributed by atoms with Crippen molar-refractivity contribution in [2.24, 2.45) is 0 Å². The summed E-state index contributed by atoms with van der Waals surface area (Å²) in [6.07, 6.45) is -0.538. The SMILES string of the molecule is COC(=O)N(OC)c1ccccc1C(C)(C)C. The fourth-order valence-electron chi connectivity index (χ4n) is 1.64. The molecule has 0 spiro atoms. The molecule has 1 aromatic rings. The number of benzene rings is 1. The minimum Gasteiger partial charge on any atom is -0.451 e. The van der Waals surface area contributed by atoms with Gasteiger partial charge in [0.2, 0.25) is 0 Å². The molecule has 0 radical (unpaired) electrons. The highest BCUT2D eigenvalue weighted by atomic mass is 16.7. The average molecular weight is 237 g/mol. The monoisotopic (exact) mass is 237 g/mol. The predicted molar refractivity (Wildman–Crippen MR) is 67.0 cm³/mol. The van der Waals surface area contributed by atoms with Gasteiger partial charge in [0.25, 0.3) is 0 Å². The molecule has 0 aliphatic heterocycles. The number of hydrogen-bond acceptors (Lipinski definition) is 3. The van der Waals surface area contributed by atoms with Gasteiger partial charge >= 0.3 is 6.09 Å². The summed E-state index contributed by atoms with van der Waals surface area (Å²) >= 11 is 0. The van der Waals surface area contributed by atoms with Crippen LogP contribution in [0.1, 0.15) is 26.3 Å². The Balaban J connectivity index is 3.25. The highest BCUT2D eigenvalue weighted by Gasteiger charge is 2.24. The maximum Gasteiger partial charge on any atom is 0.438 e. The second-order valence-electron chi connectivity index (χ2n) is 4.71. The van der Waals surface area contributed by atoms with Gasteiger partial charge < -0.3 is 4.74 Å². The van der Waals surface area contributed by atoms with Gasteiger partial charge in [0.05, 0.1) is 19.9 Å². The molecule has 1 amide bonds. The fraction of sp³-hybridized carbons (Fsp3) is 0.462. The molecule has 0 bridgehead atoms. The first-order chi connectivity index (χ1) is 7.91. The molecule has 17 heavy (non-hydrogen) atoms. The van der Waals surface area contributed by atoms with Crippen LogP contribution in [0.15, 0.2) is 24.3 Å². The van der Waals surface area contributed by atoms with Gasteiger partial charge in [-0.2, -0.15) is 5.06 Å². The summed E-state index contributed by atoms with van der Waals surface area (Å²) in [5.41, 5.74) is 1.64. The Morgan fingerprint density at radius 1 is 1.18 bits per heavy atom. The average Bonchev–Trinajstić information content (AvgIpc) is 2.29. The van der Waals surface area contributed by atoms with Crippen molar-refractivity contribution in [3.8, 4) is 0 Å². The third-order valence-corrected chi connectivity index (χ3v) is 2.45. The van der Waals surface area contributed by atoms with Crippen LogP contribution in [0.4, 0.5) is 10.5 Å². The van der Waals surface area contributed by atoms with Gasteiger partial charge in [-0.15, -0.1) is 0 Å².